The minimum absolute atomic E-state index is 0.677. The summed E-state index contributed by atoms with van der Waals surface area (Å²) in [6.45, 7) is 7.86. The molecule has 0 bridgehead atoms. The lowest BCUT2D eigenvalue weighted by Gasteiger charge is -2.20. The van der Waals surface area contributed by atoms with Crippen LogP contribution in [-0.2, 0) is 13.3 Å². The maximum Gasteiger partial charge on any atom is 0.484 e. The molecule has 0 aliphatic heterocycles. The van der Waals surface area contributed by atoms with Crippen molar-refractivity contribution in [2.45, 2.75) is 20.8 Å². The molecule has 0 spiro atoms. The Hall–Kier alpha value is -3.80. The van der Waals surface area contributed by atoms with E-state index in [2.05, 4.69) is 133 Å². The van der Waals surface area contributed by atoms with Crippen LogP contribution in [0.4, 0.5) is 0 Å². The van der Waals surface area contributed by atoms with E-state index < -0.39 is 9.53 Å². The van der Waals surface area contributed by atoms with Crippen LogP contribution in [0.15, 0.2) is 133 Å². The molecule has 0 aliphatic carbocycles. The van der Waals surface area contributed by atoms with Gasteiger partial charge in [-0.25, -0.2) is 0 Å². The molecule has 5 aromatic rings. The van der Waals surface area contributed by atoms with E-state index in [1.54, 1.807) is 0 Å². The molecule has 40 heavy (non-hydrogen) atoms. The third-order valence-corrected chi connectivity index (χ3v) is 8.22. The van der Waals surface area contributed by atoms with Crippen LogP contribution >= 0.6 is 0 Å². The molecule has 4 heteroatoms. The second-order valence-corrected chi connectivity index (χ2v) is 10.6. The van der Waals surface area contributed by atoms with Crippen molar-refractivity contribution in [2.24, 2.45) is 0 Å². The first-order valence-corrected chi connectivity index (χ1v) is 15.4. The van der Waals surface area contributed by atoms with Gasteiger partial charge in [-0.05, 0) is 65.3 Å². The first kappa shape index (κ1) is 29.2. The fourth-order valence-corrected chi connectivity index (χ4v) is 5.79. The standard InChI is InChI=1S/C30H22.C6H16O3Si/c1-5-13-23(14-6-1)27-21-22-28(24-15-7-2-8-16-24)30(26-19-11-4-12-20-26)29(27)25-17-9-3-10-18-25;1-4-7-10(8-5-2)9-6-3/h1-22H;10H,4-6H2,1-3H3. The largest absolute Gasteiger partial charge is 0.484 e. The number of rotatable bonds is 10. The van der Waals surface area contributed by atoms with Gasteiger partial charge in [-0.1, -0.05) is 133 Å². The molecular weight excluding hydrogens is 508 g/mol. The van der Waals surface area contributed by atoms with Gasteiger partial charge in [0.05, 0.1) is 0 Å². The highest BCUT2D eigenvalue weighted by Gasteiger charge is 2.18. The van der Waals surface area contributed by atoms with E-state index in [9.17, 15) is 0 Å². The van der Waals surface area contributed by atoms with E-state index in [0.717, 1.165) is 0 Å². The Bertz CT molecular complexity index is 1290. The fourth-order valence-electron chi connectivity index (χ4n) is 4.68. The van der Waals surface area contributed by atoms with Crippen molar-refractivity contribution in [1.82, 2.24) is 0 Å². The molecule has 0 atom stereocenters. The highest BCUT2D eigenvalue weighted by atomic mass is 28.3. The molecule has 3 nitrogen and oxygen atoms in total. The van der Waals surface area contributed by atoms with Crippen LogP contribution < -0.4 is 0 Å². The molecule has 0 N–H and O–H groups in total. The van der Waals surface area contributed by atoms with E-state index in [4.69, 9.17) is 13.3 Å². The Morgan fingerprint density at radius 2 is 0.650 bits per heavy atom. The van der Waals surface area contributed by atoms with Gasteiger partial charge in [0, 0.05) is 19.8 Å². The summed E-state index contributed by atoms with van der Waals surface area (Å²) in [5, 5.41) is 0. The molecule has 0 saturated carbocycles. The molecule has 0 unspecified atom stereocenters. The molecule has 5 aromatic carbocycles. The van der Waals surface area contributed by atoms with E-state index in [1.807, 2.05) is 20.8 Å². The summed E-state index contributed by atoms with van der Waals surface area (Å²) in [6.07, 6.45) is 0. The zero-order valence-corrected chi connectivity index (χ0v) is 24.8. The van der Waals surface area contributed by atoms with Crippen LogP contribution in [0.2, 0.25) is 0 Å². The summed E-state index contributed by atoms with van der Waals surface area (Å²) in [7, 11) is -1.73. The Labute approximate surface area is 241 Å². The zero-order valence-electron chi connectivity index (χ0n) is 23.6. The average Bonchev–Trinajstić information content (AvgIpc) is 3.03. The SMILES string of the molecule is CCO[SiH](OCC)OCC.c1ccc(-c2ccc(-c3ccccc3)c(-c3ccccc3)c2-c2ccccc2)cc1. The second kappa shape index (κ2) is 15.7. The van der Waals surface area contributed by atoms with Gasteiger partial charge in [0.2, 0.25) is 0 Å². The lowest BCUT2D eigenvalue weighted by atomic mass is 9.83. The van der Waals surface area contributed by atoms with Crippen molar-refractivity contribution in [1.29, 1.82) is 0 Å². The van der Waals surface area contributed by atoms with E-state index in [0.29, 0.717) is 19.8 Å². The molecular formula is C36H38O3Si. The Morgan fingerprint density at radius 1 is 0.375 bits per heavy atom. The lowest BCUT2D eigenvalue weighted by molar-refractivity contribution is 0.107. The monoisotopic (exact) mass is 546 g/mol. The van der Waals surface area contributed by atoms with Crippen molar-refractivity contribution < 1.29 is 13.3 Å². The first-order valence-electron chi connectivity index (χ1n) is 14.0. The predicted octanol–water partition coefficient (Wildman–Crippen LogP) is 9.17. The molecule has 204 valence electrons. The number of hydrogen-bond acceptors (Lipinski definition) is 3. The Morgan fingerprint density at radius 3 is 0.925 bits per heavy atom. The normalized spacial score (nSPS) is 10.7. The topological polar surface area (TPSA) is 27.7 Å². The van der Waals surface area contributed by atoms with Crippen LogP contribution in [0.5, 0.6) is 0 Å². The third kappa shape index (κ3) is 7.65. The quantitative estimate of drug-likeness (QED) is 0.163. The first-order chi connectivity index (χ1) is 19.8. The molecule has 0 radical (unpaired) electrons. The summed E-state index contributed by atoms with van der Waals surface area (Å²) in [4.78, 5) is 0. The predicted molar refractivity (Wildman–Crippen MR) is 170 cm³/mol. The zero-order chi connectivity index (χ0) is 28.0. The summed E-state index contributed by atoms with van der Waals surface area (Å²) < 4.78 is 15.7. The van der Waals surface area contributed by atoms with Crippen molar-refractivity contribution in [3.05, 3.63) is 133 Å². The lowest BCUT2D eigenvalue weighted by Crippen LogP contribution is -2.27. The molecule has 0 fully saturated rings. The van der Waals surface area contributed by atoms with Gasteiger partial charge in [0.1, 0.15) is 0 Å². The molecule has 0 saturated heterocycles. The van der Waals surface area contributed by atoms with Gasteiger partial charge in [-0.3, -0.25) is 0 Å². The van der Waals surface area contributed by atoms with Gasteiger partial charge in [-0.2, -0.15) is 0 Å². The summed E-state index contributed by atoms with van der Waals surface area (Å²) in [5.41, 5.74) is 9.96. The molecule has 0 amide bonds. The van der Waals surface area contributed by atoms with E-state index >= 15 is 0 Å². The Kier molecular flexibility index (Phi) is 11.5. The van der Waals surface area contributed by atoms with Gasteiger partial charge in [0.15, 0.2) is 0 Å². The highest BCUT2D eigenvalue weighted by Crippen LogP contribution is 2.45. The van der Waals surface area contributed by atoms with Crippen LogP contribution in [0, 0.1) is 0 Å². The van der Waals surface area contributed by atoms with Crippen LogP contribution in [0.3, 0.4) is 0 Å². The van der Waals surface area contributed by atoms with E-state index in [1.165, 1.54) is 44.5 Å². The molecule has 0 aliphatic rings. The van der Waals surface area contributed by atoms with Crippen molar-refractivity contribution in [2.75, 3.05) is 19.8 Å². The Balaban J connectivity index is 0.000000318. The van der Waals surface area contributed by atoms with Crippen LogP contribution in [0.25, 0.3) is 44.5 Å². The van der Waals surface area contributed by atoms with Gasteiger partial charge in [-0.15, -0.1) is 0 Å². The molecule has 0 aromatic heterocycles. The number of benzene rings is 5. The molecule has 0 heterocycles. The maximum atomic E-state index is 5.22. The molecule has 5 rings (SSSR count). The second-order valence-electron chi connectivity index (χ2n) is 9.03. The fraction of sp³-hybridized carbons (Fsp3) is 0.167. The van der Waals surface area contributed by atoms with Crippen molar-refractivity contribution in [3.8, 4) is 44.5 Å². The van der Waals surface area contributed by atoms with Gasteiger partial charge < -0.3 is 13.3 Å². The minimum atomic E-state index is -1.73. The smallest absolute Gasteiger partial charge is 0.376 e. The summed E-state index contributed by atoms with van der Waals surface area (Å²) in [5.74, 6) is 0. The van der Waals surface area contributed by atoms with Gasteiger partial charge in [0.25, 0.3) is 0 Å². The van der Waals surface area contributed by atoms with Crippen molar-refractivity contribution >= 4 is 9.53 Å². The summed E-state index contributed by atoms with van der Waals surface area (Å²) in [6, 6.07) is 47.4. The van der Waals surface area contributed by atoms with Crippen molar-refractivity contribution in [3.63, 3.8) is 0 Å². The van der Waals surface area contributed by atoms with Crippen LogP contribution in [-0.4, -0.2) is 29.3 Å². The van der Waals surface area contributed by atoms with Gasteiger partial charge >= 0.3 is 9.53 Å². The highest BCUT2D eigenvalue weighted by molar-refractivity contribution is 6.36. The summed E-state index contributed by atoms with van der Waals surface area (Å²) >= 11 is 0. The average molecular weight is 547 g/mol. The number of hydrogen-bond donors (Lipinski definition) is 0. The maximum absolute atomic E-state index is 5.22. The van der Waals surface area contributed by atoms with Crippen LogP contribution in [0.1, 0.15) is 20.8 Å². The third-order valence-electron chi connectivity index (χ3n) is 6.41. The minimum Gasteiger partial charge on any atom is -0.376 e. The van der Waals surface area contributed by atoms with E-state index in [-0.39, 0.29) is 0 Å².